The second-order valence-electron chi connectivity index (χ2n) is 6.17. The van der Waals surface area contributed by atoms with Crippen LogP contribution in [-0.4, -0.2) is 5.97 Å². The zero-order valence-electron chi connectivity index (χ0n) is 15.5. The summed E-state index contributed by atoms with van der Waals surface area (Å²) in [4.78, 5) is 12.2. The number of hydrogen-bond acceptors (Lipinski definition) is 4. The van der Waals surface area contributed by atoms with E-state index in [9.17, 15) is 22.4 Å². The Bertz CT molecular complexity index is 828. The van der Waals surface area contributed by atoms with Crippen LogP contribution < -0.4 is 4.74 Å². The number of benzene rings is 2. The third-order valence-electron chi connectivity index (χ3n) is 4.13. The lowest BCUT2D eigenvalue weighted by atomic mass is 10.00. The summed E-state index contributed by atoms with van der Waals surface area (Å²) in [5, 5.41) is 6.51. The Morgan fingerprint density at radius 3 is 2.00 bits per heavy atom. The minimum Gasteiger partial charge on any atom is -0.426 e. The number of unbranched alkanes of at least 4 members (excludes halogenated alkanes) is 1. The Hall–Kier alpha value is -2.77. The normalized spacial score (nSPS) is 12.4. The Balaban J connectivity index is 2.21. The highest BCUT2D eigenvalue weighted by Gasteiger charge is 2.20. The Labute approximate surface area is 160 Å². The zero-order chi connectivity index (χ0) is 20.7. The smallest absolute Gasteiger partial charge is 0.314 e. The number of esters is 1. The number of hydrogen-bond donors (Lipinski definition) is 0. The van der Waals surface area contributed by atoms with Gasteiger partial charge < -0.3 is 4.74 Å². The summed E-state index contributed by atoms with van der Waals surface area (Å²) in [7, 11) is 0. The SMILES string of the molecule is CCCCC(CC)C(=O)Oc1cc(F)c(N=Nc2c(F)cccc2F)c(F)c1. The predicted octanol–water partition coefficient (Wildman–Crippen LogP) is 6.78. The summed E-state index contributed by atoms with van der Waals surface area (Å²) in [5.41, 5.74) is -1.61. The molecule has 0 saturated carbocycles. The fourth-order valence-electron chi connectivity index (χ4n) is 2.52. The molecule has 0 N–H and O–H groups in total. The van der Waals surface area contributed by atoms with Gasteiger partial charge in [-0.15, -0.1) is 10.2 Å². The van der Waals surface area contributed by atoms with Crippen LogP contribution in [0, 0.1) is 29.2 Å². The maximum absolute atomic E-state index is 14.2. The second kappa shape index (κ2) is 9.96. The van der Waals surface area contributed by atoms with E-state index in [1.165, 1.54) is 0 Å². The molecular weight excluding hydrogens is 376 g/mol. The highest BCUT2D eigenvalue weighted by molar-refractivity contribution is 5.75. The van der Waals surface area contributed by atoms with Crippen molar-refractivity contribution in [2.24, 2.45) is 16.1 Å². The number of halogens is 4. The topological polar surface area (TPSA) is 51.0 Å². The van der Waals surface area contributed by atoms with E-state index in [0.717, 1.165) is 43.2 Å². The van der Waals surface area contributed by atoms with Crippen molar-refractivity contribution in [3.05, 3.63) is 53.6 Å². The van der Waals surface area contributed by atoms with Gasteiger partial charge in [0.1, 0.15) is 5.75 Å². The standard InChI is InChI=1S/C20H20F4N2O2/c1-3-5-7-12(4-2)20(27)28-13-10-16(23)19(17(24)11-13)26-25-18-14(21)8-6-9-15(18)22/h6,8-12H,3-5,7H2,1-2H3. The van der Waals surface area contributed by atoms with Crippen LogP contribution in [0.5, 0.6) is 5.75 Å². The molecular formula is C20H20F4N2O2. The van der Waals surface area contributed by atoms with Gasteiger partial charge in [0, 0.05) is 12.1 Å². The first-order valence-corrected chi connectivity index (χ1v) is 8.93. The molecule has 1 atom stereocenters. The van der Waals surface area contributed by atoms with E-state index in [1.54, 1.807) is 0 Å². The summed E-state index contributed by atoms with van der Waals surface area (Å²) in [6.07, 6.45) is 2.92. The highest BCUT2D eigenvalue weighted by atomic mass is 19.1. The summed E-state index contributed by atoms with van der Waals surface area (Å²) < 4.78 is 60.5. The first-order valence-electron chi connectivity index (χ1n) is 8.93. The van der Waals surface area contributed by atoms with Crippen molar-refractivity contribution in [2.75, 3.05) is 0 Å². The molecule has 0 spiro atoms. The van der Waals surface area contributed by atoms with Gasteiger partial charge >= 0.3 is 5.97 Å². The van der Waals surface area contributed by atoms with Gasteiger partial charge in [-0.05, 0) is 25.0 Å². The molecule has 28 heavy (non-hydrogen) atoms. The number of carbonyl (C=O) groups is 1. The number of nitrogens with zero attached hydrogens (tertiary/aromatic N) is 2. The van der Waals surface area contributed by atoms with Gasteiger partial charge in [0.25, 0.3) is 0 Å². The van der Waals surface area contributed by atoms with Gasteiger partial charge in [-0.3, -0.25) is 4.79 Å². The van der Waals surface area contributed by atoms with Gasteiger partial charge in [0.15, 0.2) is 34.6 Å². The van der Waals surface area contributed by atoms with Gasteiger partial charge in [-0.25, -0.2) is 17.6 Å². The Kier molecular flexibility index (Phi) is 7.66. The minimum atomic E-state index is -1.18. The molecule has 150 valence electrons. The zero-order valence-corrected chi connectivity index (χ0v) is 15.5. The number of carbonyl (C=O) groups excluding carboxylic acids is 1. The van der Waals surface area contributed by atoms with Crippen molar-refractivity contribution in [2.45, 2.75) is 39.5 Å². The molecule has 2 aromatic carbocycles. The van der Waals surface area contributed by atoms with Crippen molar-refractivity contribution in [1.82, 2.24) is 0 Å². The molecule has 0 aromatic heterocycles. The van der Waals surface area contributed by atoms with E-state index in [-0.39, 0.29) is 11.7 Å². The molecule has 0 saturated heterocycles. The number of azo groups is 1. The average molecular weight is 396 g/mol. The molecule has 4 nitrogen and oxygen atoms in total. The fourth-order valence-corrected chi connectivity index (χ4v) is 2.52. The van der Waals surface area contributed by atoms with E-state index in [2.05, 4.69) is 10.2 Å². The van der Waals surface area contributed by atoms with Crippen LogP contribution in [0.15, 0.2) is 40.6 Å². The van der Waals surface area contributed by atoms with Crippen molar-refractivity contribution in [1.29, 1.82) is 0 Å². The molecule has 0 aliphatic rings. The third-order valence-corrected chi connectivity index (χ3v) is 4.13. The molecule has 1 unspecified atom stereocenters. The maximum Gasteiger partial charge on any atom is 0.314 e. The van der Waals surface area contributed by atoms with Crippen molar-refractivity contribution in [3.63, 3.8) is 0 Å². The number of rotatable bonds is 8. The molecule has 8 heteroatoms. The van der Waals surface area contributed by atoms with Gasteiger partial charge in [0.05, 0.1) is 5.92 Å². The third kappa shape index (κ3) is 5.37. The van der Waals surface area contributed by atoms with Crippen LogP contribution in [-0.2, 0) is 4.79 Å². The highest BCUT2D eigenvalue weighted by Crippen LogP contribution is 2.31. The van der Waals surface area contributed by atoms with Crippen LogP contribution in [0.2, 0.25) is 0 Å². The van der Waals surface area contributed by atoms with Crippen LogP contribution in [0.1, 0.15) is 39.5 Å². The van der Waals surface area contributed by atoms with Crippen LogP contribution in [0.4, 0.5) is 28.9 Å². The molecule has 0 aliphatic carbocycles. The van der Waals surface area contributed by atoms with Crippen molar-refractivity contribution >= 4 is 17.3 Å². The van der Waals surface area contributed by atoms with E-state index in [4.69, 9.17) is 4.74 Å². The van der Waals surface area contributed by atoms with Gasteiger partial charge in [-0.2, -0.15) is 0 Å². The minimum absolute atomic E-state index is 0.314. The monoisotopic (exact) mass is 396 g/mol. The lowest BCUT2D eigenvalue weighted by Gasteiger charge is -2.13. The first-order chi connectivity index (χ1) is 13.4. The molecule has 2 rings (SSSR count). The van der Waals surface area contributed by atoms with Crippen LogP contribution in [0.25, 0.3) is 0 Å². The van der Waals surface area contributed by atoms with Crippen LogP contribution >= 0.6 is 0 Å². The Morgan fingerprint density at radius 2 is 1.50 bits per heavy atom. The summed E-state index contributed by atoms with van der Waals surface area (Å²) >= 11 is 0. The number of ether oxygens (including phenoxy) is 1. The van der Waals surface area contributed by atoms with Crippen LogP contribution in [0.3, 0.4) is 0 Å². The first kappa shape index (κ1) is 21.5. The van der Waals surface area contributed by atoms with E-state index >= 15 is 0 Å². The largest absolute Gasteiger partial charge is 0.426 e. The Morgan fingerprint density at radius 1 is 0.964 bits per heavy atom. The predicted molar refractivity (Wildman–Crippen MR) is 95.8 cm³/mol. The summed E-state index contributed by atoms with van der Waals surface area (Å²) in [6, 6.07) is 4.56. The molecule has 0 aliphatic heterocycles. The molecule has 2 aromatic rings. The van der Waals surface area contributed by atoms with Gasteiger partial charge in [0.2, 0.25) is 0 Å². The molecule has 0 fully saturated rings. The fraction of sp³-hybridized carbons (Fsp3) is 0.350. The second-order valence-corrected chi connectivity index (χ2v) is 6.17. The molecule has 0 amide bonds. The van der Waals surface area contributed by atoms with Gasteiger partial charge in [-0.1, -0.05) is 32.8 Å². The summed E-state index contributed by atoms with van der Waals surface area (Å²) in [5.74, 6) is -5.64. The molecule has 0 radical (unpaired) electrons. The lowest BCUT2D eigenvalue weighted by Crippen LogP contribution is -2.20. The molecule has 0 heterocycles. The molecule has 0 bridgehead atoms. The quantitative estimate of drug-likeness (QED) is 0.214. The van der Waals surface area contributed by atoms with E-state index in [1.807, 2.05) is 13.8 Å². The van der Waals surface area contributed by atoms with E-state index < -0.39 is 40.6 Å². The lowest BCUT2D eigenvalue weighted by molar-refractivity contribution is -0.139. The van der Waals surface area contributed by atoms with Crippen molar-refractivity contribution in [3.8, 4) is 5.75 Å². The average Bonchev–Trinajstić information content (AvgIpc) is 2.63. The summed E-state index contributed by atoms with van der Waals surface area (Å²) in [6.45, 7) is 3.82. The maximum atomic E-state index is 14.2. The van der Waals surface area contributed by atoms with E-state index in [0.29, 0.717) is 12.8 Å². The van der Waals surface area contributed by atoms with Crippen molar-refractivity contribution < 1.29 is 27.1 Å².